The Balaban J connectivity index is 2.09. The molecule has 0 N–H and O–H groups in total. The zero-order valence-corrected chi connectivity index (χ0v) is 21.9. The quantitative estimate of drug-likeness (QED) is 0.267. The number of alkyl halides is 3. The zero-order valence-electron chi connectivity index (χ0n) is 20.3. The van der Waals surface area contributed by atoms with Crippen LogP contribution in [-0.4, -0.2) is 38.5 Å². The van der Waals surface area contributed by atoms with E-state index in [1.54, 1.807) is 59.1 Å². The van der Waals surface area contributed by atoms with Gasteiger partial charge in [-0.2, -0.15) is 13.2 Å². The lowest BCUT2D eigenvalue weighted by Crippen LogP contribution is -2.44. The second kappa shape index (κ2) is 9.67. The fourth-order valence-electron chi connectivity index (χ4n) is 3.65. The predicted molar refractivity (Wildman–Crippen MR) is 130 cm³/mol. The smallest absolute Gasteiger partial charge is 0.442 e. The first-order valence-corrected chi connectivity index (χ1v) is 11.7. The van der Waals surface area contributed by atoms with Crippen molar-refractivity contribution >= 4 is 43.7 Å². The Morgan fingerprint density at radius 3 is 2.49 bits per heavy atom. The first kappa shape index (κ1) is 26.8. The molecule has 1 aromatic carbocycles. The number of carbonyl (C=O) groups excluding carboxylic acids is 1. The highest BCUT2D eigenvalue weighted by atomic mass is 79.9. The number of benzene rings is 1. The Morgan fingerprint density at radius 2 is 1.89 bits per heavy atom. The van der Waals surface area contributed by atoms with Crippen LogP contribution in [0.4, 0.5) is 18.0 Å². The first-order chi connectivity index (χ1) is 16.1. The van der Waals surface area contributed by atoms with E-state index in [0.717, 1.165) is 10.4 Å². The van der Waals surface area contributed by atoms with E-state index in [1.807, 2.05) is 0 Å². The molecule has 1 amide bonds. The van der Waals surface area contributed by atoms with Crippen molar-refractivity contribution in [3.8, 4) is 5.75 Å². The van der Waals surface area contributed by atoms with Crippen LogP contribution in [0.2, 0.25) is 0 Å². The molecule has 2 heterocycles. The molecule has 0 aliphatic heterocycles. The van der Waals surface area contributed by atoms with E-state index in [0.29, 0.717) is 26.5 Å². The summed E-state index contributed by atoms with van der Waals surface area (Å²) in [5.74, 6) is 0.141. The van der Waals surface area contributed by atoms with Gasteiger partial charge < -0.3 is 14.1 Å². The van der Waals surface area contributed by atoms with Crippen LogP contribution in [0.25, 0.3) is 21.7 Å². The molecule has 2 aromatic heterocycles. The van der Waals surface area contributed by atoms with Crippen molar-refractivity contribution in [1.29, 1.82) is 0 Å². The summed E-state index contributed by atoms with van der Waals surface area (Å²) in [6.45, 7) is 8.14. The molecule has 0 spiro atoms. The molecule has 3 rings (SSSR count). The highest BCUT2D eigenvalue weighted by Crippen LogP contribution is 2.35. The van der Waals surface area contributed by atoms with Gasteiger partial charge in [0.15, 0.2) is 5.75 Å². The fraction of sp³-hybridized carbons (Fsp3) is 0.458. The number of carbonyl (C=O) groups is 1. The number of amides is 1. The van der Waals surface area contributed by atoms with E-state index >= 15 is 0 Å². The third-order valence-electron chi connectivity index (χ3n) is 5.38. The maximum absolute atomic E-state index is 13.0. The molecule has 3 aromatic rings. The molecular formula is C24H27BrF3N3O4. The SMILES string of the molecule is Cc1nccc2c1c(=O)n(C)c1cc(ON(C(=O)OC(C)(C)C)C(C)CCC(F)(F)F)c(Br)cc21. The summed E-state index contributed by atoms with van der Waals surface area (Å²) in [4.78, 5) is 35.9. The molecule has 0 bridgehead atoms. The third-order valence-corrected chi connectivity index (χ3v) is 6.00. The standard InChI is InChI=1S/C24H27BrF3N3O4/c1-13(7-9-24(26,27)28)31(22(33)34-23(3,4)5)35-19-12-18-16(11-17(19)25)15-8-10-29-14(2)20(15)21(32)30(18)6/h8,10-13H,7,9H2,1-6H3. The Hall–Kier alpha value is -2.82. The van der Waals surface area contributed by atoms with Crippen LogP contribution in [0.5, 0.6) is 5.75 Å². The number of aryl methyl sites for hydroxylation is 2. The average molecular weight is 558 g/mol. The summed E-state index contributed by atoms with van der Waals surface area (Å²) < 4.78 is 45.8. The van der Waals surface area contributed by atoms with E-state index in [4.69, 9.17) is 9.57 Å². The van der Waals surface area contributed by atoms with Crippen LogP contribution in [0.15, 0.2) is 33.7 Å². The van der Waals surface area contributed by atoms with Crippen molar-refractivity contribution < 1.29 is 27.5 Å². The van der Waals surface area contributed by atoms with Gasteiger partial charge >= 0.3 is 12.3 Å². The van der Waals surface area contributed by atoms with Crippen LogP contribution in [0.1, 0.15) is 46.2 Å². The molecule has 11 heteroatoms. The number of halogens is 4. The van der Waals surface area contributed by atoms with Gasteiger partial charge in [-0.3, -0.25) is 9.78 Å². The molecule has 0 fully saturated rings. The Bertz CT molecular complexity index is 1330. The van der Waals surface area contributed by atoms with Crippen molar-refractivity contribution in [1.82, 2.24) is 14.6 Å². The van der Waals surface area contributed by atoms with E-state index in [-0.39, 0.29) is 17.7 Å². The molecule has 0 saturated heterocycles. The van der Waals surface area contributed by atoms with Gasteiger partial charge in [0.2, 0.25) is 0 Å². The first-order valence-electron chi connectivity index (χ1n) is 10.9. The summed E-state index contributed by atoms with van der Waals surface area (Å²) >= 11 is 3.44. The maximum atomic E-state index is 13.0. The summed E-state index contributed by atoms with van der Waals surface area (Å²) in [5, 5.41) is 2.72. The van der Waals surface area contributed by atoms with E-state index in [2.05, 4.69) is 20.9 Å². The van der Waals surface area contributed by atoms with Gasteiger partial charge in [0, 0.05) is 31.1 Å². The number of hydrogen-bond acceptors (Lipinski definition) is 5. The van der Waals surface area contributed by atoms with E-state index in [1.165, 1.54) is 11.5 Å². The van der Waals surface area contributed by atoms with Crippen LogP contribution < -0.4 is 10.4 Å². The number of hydroxylamine groups is 2. The van der Waals surface area contributed by atoms with Crippen LogP contribution in [-0.2, 0) is 11.8 Å². The molecular weight excluding hydrogens is 531 g/mol. The summed E-state index contributed by atoms with van der Waals surface area (Å²) in [6.07, 6.45) is -5.17. The van der Waals surface area contributed by atoms with E-state index in [9.17, 15) is 22.8 Å². The monoisotopic (exact) mass is 557 g/mol. The molecule has 0 saturated carbocycles. The number of aromatic nitrogens is 2. The Kier molecular flexibility index (Phi) is 7.40. The highest BCUT2D eigenvalue weighted by Gasteiger charge is 2.33. The lowest BCUT2D eigenvalue weighted by Gasteiger charge is -2.31. The van der Waals surface area contributed by atoms with Gasteiger partial charge in [-0.05, 0) is 74.5 Å². The highest BCUT2D eigenvalue weighted by molar-refractivity contribution is 9.10. The number of fused-ring (bicyclic) bond motifs is 3. The normalized spacial score (nSPS) is 13.2. The van der Waals surface area contributed by atoms with Gasteiger partial charge in [0.25, 0.3) is 5.56 Å². The fourth-order valence-corrected chi connectivity index (χ4v) is 4.07. The molecule has 1 unspecified atom stereocenters. The molecule has 0 aliphatic rings. The number of pyridine rings is 2. The predicted octanol–water partition coefficient (Wildman–Crippen LogP) is 6.42. The van der Waals surface area contributed by atoms with E-state index < -0.39 is 30.3 Å². The Morgan fingerprint density at radius 1 is 1.23 bits per heavy atom. The number of nitrogens with zero attached hydrogens (tertiary/aromatic N) is 3. The number of rotatable bonds is 5. The molecule has 0 radical (unpaired) electrons. The van der Waals surface area contributed by atoms with Crippen LogP contribution >= 0.6 is 15.9 Å². The van der Waals surface area contributed by atoms with Gasteiger partial charge in [-0.15, -0.1) is 5.06 Å². The third kappa shape index (κ3) is 6.06. The summed E-state index contributed by atoms with van der Waals surface area (Å²) in [5.41, 5.74) is -0.0408. The van der Waals surface area contributed by atoms with Crippen LogP contribution in [0, 0.1) is 6.92 Å². The van der Waals surface area contributed by atoms with Gasteiger partial charge in [-0.1, -0.05) is 0 Å². The van der Waals surface area contributed by atoms with Crippen molar-refractivity contribution in [3.63, 3.8) is 0 Å². The molecule has 0 aliphatic carbocycles. The van der Waals surface area contributed by atoms with Crippen LogP contribution in [0.3, 0.4) is 0 Å². The molecule has 7 nitrogen and oxygen atoms in total. The second-order valence-electron chi connectivity index (χ2n) is 9.38. The summed E-state index contributed by atoms with van der Waals surface area (Å²) in [6, 6.07) is 4.08. The van der Waals surface area contributed by atoms with Gasteiger partial charge in [0.05, 0.1) is 27.1 Å². The molecule has 190 valence electrons. The van der Waals surface area contributed by atoms with Gasteiger partial charge in [-0.25, -0.2) is 4.79 Å². The van der Waals surface area contributed by atoms with Crippen molar-refractivity contribution in [2.24, 2.45) is 7.05 Å². The average Bonchev–Trinajstić information content (AvgIpc) is 2.72. The molecule has 1 atom stereocenters. The number of ether oxygens (including phenoxy) is 1. The lowest BCUT2D eigenvalue weighted by atomic mass is 10.1. The Labute approximate surface area is 208 Å². The largest absolute Gasteiger partial charge is 0.443 e. The molecule has 35 heavy (non-hydrogen) atoms. The minimum Gasteiger partial charge on any atom is -0.442 e. The minimum atomic E-state index is -4.39. The van der Waals surface area contributed by atoms with Crippen molar-refractivity contribution in [2.45, 2.75) is 65.3 Å². The van der Waals surface area contributed by atoms with Crippen molar-refractivity contribution in [3.05, 3.63) is 44.9 Å². The number of hydrogen-bond donors (Lipinski definition) is 0. The summed E-state index contributed by atoms with van der Waals surface area (Å²) in [7, 11) is 1.60. The second-order valence-corrected chi connectivity index (χ2v) is 10.2. The zero-order chi connectivity index (χ0) is 26.3. The van der Waals surface area contributed by atoms with Crippen molar-refractivity contribution in [2.75, 3.05) is 0 Å². The topological polar surface area (TPSA) is 73.7 Å². The van der Waals surface area contributed by atoms with Gasteiger partial charge in [0.1, 0.15) is 5.60 Å². The lowest BCUT2D eigenvalue weighted by molar-refractivity contribution is -0.146. The maximum Gasteiger partial charge on any atom is 0.443 e. The minimum absolute atomic E-state index is 0.141.